The van der Waals surface area contributed by atoms with E-state index in [2.05, 4.69) is 44.3 Å². The molecule has 1 rings (SSSR count). The van der Waals surface area contributed by atoms with E-state index in [1.165, 1.54) is 11.1 Å². The summed E-state index contributed by atoms with van der Waals surface area (Å²) in [5.74, 6) is 0. The number of allylic oxidation sites excluding steroid dienone is 1. The van der Waals surface area contributed by atoms with Crippen molar-refractivity contribution >= 4 is 11.6 Å². The number of halogens is 1. The normalized spacial score (nSPS) is 12.2. The Kier molecular flexibility index (Phi) is 6.31. The van der Waals surface area contributed by atoms with Gasteiger partial charge < -0.3 is 5.32 Å². The maximum absolute atomic E-state index is 5.86. The van der Waals surface area contributed by atoms with Gasteiger partial charge in [-0.1, -0.05) is 49.2 Å². The quantitative estimate of drug-likeness (QED) is 0.590. The van der Waals surface area contributed by atoms with E-state index in [1.807, 2.05) is 12.1 Å². The highest BCUT2D eigenvalue weighted by molar-refractivity contribution is 6.30. The van der Waals surface area contributed by atoms with Gasteiger partial charge >= 0.3 is 0 Å². The van der Waals surface area contributed by atoms with Crippen LogP contribution in [0.3, 0.4) is 0 Å². The van der Waals surface area contributed by atoms with Crippen molar-refractivity contribution in [3.05, 3.63) is 46.5 Å². The van der Waals surface area contributed by atoms with Gasteiger partial charge in [0.2, 0.25) is 0 Å². The lowest BCUT2D eigenvalue weighted by Crippen LogP contribution is -2.23. The van der Waals surface area contributed by atoms with Crippen molar-refractivity contribution < 1.29 is 0 Å². The van der Waals surface area contributed by atoms with Crippen LogP contribution in [0.2, 0.25) is 5.02 Å². The molecule has 0 spiro atoms. The van der Waals surface area contributed by atoms with Crippen LogP contribution in [0.15, 0.2) is 35.9 Å². The van der Waals surface area contributed by atoms with Crippen LogP contribution >= 0.6 is 11.6 Å². The third-order valence-electron chi connectivity index (χ3n) is 2.59. The summed E-state index contributed by atoms with van der Waals surface area (Å²) >= 11 is 5.86. The summed E-state index contributed by atoms with van der Waals surface area (Å²) in [7, 11) is 0. The molecular formula is C15H22ClN. The second-order valence-electron chi connectivity index (χ2n) is 4.75. The highest BCUT2D eigenvalue weighted by atomic mass is 35.5. The number of nitrogens with one attached hydrogen (secondary N) is 1. The molecule has 0 saturated heterocycles. The molecule has 17 heavy (non-hydrogen) atoms. The highest BCUT2D eigenvalue weighted by Gasteiger charge is 1.95. The lowest BCUT2D eigenvalue weighted by molar-refractivity contribution is 0.594. The molecule has 0 aliphatic heterocycles. The molecule has 0 unspecified atom stereocenters. The summed E-state index contributed by atoms with van der Waals surface area (Å²) in [6.45, 7) is 7.58. The summed E-state index contributed by atoms with van der Waals surface area (Å²) in [4.78, 5) is 0. The average Bonchev–Trinajstić information content (AvgIpc) is 2.27. The first-order valence-electron chi connectivity index (χ1n) is 6.21. The largest absolute Gasteiger partial charge is 0.314 e. The van der Waals surface area contributed by atoms with E-state index < -0.39 is 0 Å². The fourth-order valence-corrected chi connectivity index (χ4v) is 1.81. The molecule has 1 nitrogen and oxygen atoms in total. The van der Waals surface area contributed by atoms with Crippen molar-refractivity contribution in [3.8, 4) is 0 Å². The molecule has 1 aromatic rings. The van der Waals surface area contributed by atoms with Crippen molar-refractivity contribution in [2.24, 2.45) is 0 Å². The standard InChI is InChI=1S/C15H22ClN/c1-12(2)17-10-4-5-13(3)11-14-6-8-15(16)9-7-14/h5-9,12,17H,4,10-11H2,1-3H3. The van der Waals surface area contributed by atoms with Gasteiger partial charge in [0, 0.05) is 11.1 Å². The summed E-state index contributed by atoms with van der Waals surface area (Å²) in [5.41, 5.74) is 2.73. The van der Waals surface area contributed by atoms with Crippen molar-refractivity contribution in [1.29, 1.82) is 0 Å². The molecule has 0 fully saturated rings. The Morgan fingerprint density at radius 1 is 1.29 bits per heavy atom. The molecule has 0 radical (unpaired) electrons. The van der Waals surface area contributed by atoms with Gasteiger partial charge in [-0.05, 0) is 44.0 Å². The van der Waals surface area contributed by atoms with E-state index in [1.54, 1.807) is 0 Å². The van der Waals surface area contributed by atoms with Crippen molar-refractivity contribution in [1.82, 2.24) is 5.32 Å². The lowest BCUT2D eigenvalue weighted by atomic mass is 10.1. The maximum Gasteiger partial charge on any atom is 0.0406 e. The van der Waals surface area contributed by atoms with E-state index in [-0.39, 0.29) is 0 Å². The van der Waals surface area contributed by atoms with Gasteiger partial charge in [-0.3, -0.25) is 0 Å². The minimum atomic E-state index is 0.569. The van der Waals surface area contributed by atoms with Crippen molar-refractivity contribution in [2.75, 3.05) is 6.54 Å². The molecule has 1 aromatic carbocycles. The van der Waals surface area contributed by atoms with E-state index in [0.717, 1.165) is 24.4 Å². The fourth-order valence-electron chi connectivity index (χ4n) is 1.69. The SMILES string of the molecule is CC(=CCCNC(C)C)Cc1ccc(Cl)cc1. The minimum absolute atomic E-state index is 0.569. The number of hydrogen-bond acceptors (Lipinski definition) is 1. The predicted octanol–water partition coefficient (Wildman–Crippen LogP) is 4.22. The van der Waals surface area contributed by atoms with Crippen LogP contribution in [-0.4, -0.2) is 12.6 Å². The molecule has 94 valence electrons. The summed E-state index contributed by atoms with van der Waals surface area (Å²) < 4.78 is 0. The lowest BCUT2D eigenvalue weighted by Gasteiger charge is -2.06. The molecule has 0 aromatic heterocycles. The van der Waals surface area contributed by atoms with Crippen LogP contribution < -0.4 is 5.32 Å². The van der Waals surface area contributed by atoms with E-state index >= 15 is 0 Å². The maximum atomic E-state index is 5.86. The molecule has 2 heteroatoms. The molecule has 0 bridgehead atoms. The molecule has 0 heterocycles. The molecular weight excluding hydrogens is 230 g/mol. The summed E-state index contributed by atoms with van der Waals surface area (Å²) in [5, 5.41) is 4.21. The Hall–Kier alpha value is -0.790. The van der Waals surface area contributed by atoms with Gasteiger partial charge in [-0.2, -0.15) is 0 Å². The number of hydrogen-bond donors (Lipinski definition) is 1. The van der Waals surface area contributed by atoms with Gasteiger partial charge in [0.1, 0.15) is 0 Å². The Morgan fingerprint density at radius 3 is 2.53 bits per heavy atom. The van der Waals surface area contributed by atoms with Crippen LogP contribution in [0.1, 0.15) is 32.8 Å². The summed E-state index contributed by atoms with van der Waals surface area (Å²) in [6.07, 6.45) is 4.42. The van der Waals surface area contributed by atoms with Crippen LogP contribution in [0.4, 0.5) is 0 Å². The molecule has 0 saturated carbocycles. The zero-order valence-corrected chi connectivity index (χ0v) is 11.7. The monoisotopic (exact) mass is 251 g/mol. The molecule has 0 atom stereocenters. The van der Waals surface area contributed by atoms with E-state index in [0.29, 0.717) is 6.04 Å². The van der Waals surface area contributed by atoms with Gasteiger partial charge in [-0.25, -0.2) is 0 Å². The fraction of sp³-hybridized carbons (Fsp3) is 0.467. The zero-order valence-electron chi connectivity index (χ0n) is 11.0. The third-order valence-corrected chi connectivity index (χ3v) is 2.84. The van der Waals surface area contributed by atoms with Crippen LogP contribution in [-0.2, 0) is 6.42 Å². The van der Waals surface area contributed by atoms with E-state index in [4.69, 9.17) is 11.6 Å². The zero-order chi connectivity index (χ0) is 12.7. The van der Waals surface area contributed by atoms with E-state index in [9.17, 15) is 0 Å². The predicted molar refractivity (Wildman–Crippen MR) is 76.7 cm³/mol. The summed E-state index contributed by atoms with van der Waals surface area (Å²) in [6, 6.07) is 8.65. The second kappa shape index (κ2) is 7.52. The van der Waals surface area contributed by atoms with Gasteiger partial charge in [0.05, 0.1) is 0 Å². The van der Waals surface area contributed by atoms with Crippen LogP contribution in [0, 0.1) is 0 Å². The number of rotatable bonds is 6. The number of benzene rings is 1. The average molecular weight is 252 g/mol. The first kappa shape index (κ1) is 14.3. The molecule has 1 N–H and O–H groups in total. The van der Waals surface area contributed by atoms with Crippen LogP contribution in [0.25, 0.3) is 0 Å². The molecule has 0 amide bonds. The minimum Gasteiger partial charge on any atom is -0.314 e. The Bertz CT molecular complexity index is 352. The second-order valence-corrected chi connectivity index (χ2v) is 5.19. The Balaban J connectivity index is 2.35. The van der Waals surface area contributed by atoms with Crippen LogP contribution in [0.5, 0.6) is 0 Å². The first-order valence-corrected chi connectivity index (χ1v) is 6.59. The Labute approximate surface area is 110 Å². The molecule has 0 aliphatic rings. The molecule has 0 aliphatic carbocycles. The van der Waals surface area contributed by atoms with Gasteiger partial charge in [0.15, 0.2) is 0 Å². The van der Waals surface area contributed by atoms with Gasteiger partial charge in [0.25, 0.3) is 0 Å². The first-order chi connectivity index (χ1) is 8.08. The highest BCUT2D eigenvalue weighted by Crippen LogP contribution is 2.13. The van der Waals surface area contributed by atoms with Gasteiger partial charge in [-0.15, -0.1) is 0 Å². The smallest absolute Gasteiger partial charge is 0.0406 e. The Morgan fingerprint density at radius 2 is 1.94 bits per heavy atom. The topological polar surface area (TPSA) is 12.0 Å². The van der Waals surface area contributed by atoms with Crippen molar-refractivity contribution in [2.45, 2.75) is 39.7 Å². The third kappa shape index (κ3) is 6.50. The van der Waals surface area contributed by atoms with Crippen molar-refractivity contribution in [3.63, 3.8) is 0 Å².